The number of carbonyl (C=O) groups is 4. The van der Waals surface area contributed by atoms with Gasteiger partial charge in [-0.2, -0.15) is 0 Å². The van der Waals surface area contributed by atoms with Gasteiger partial charge < -0.3 is 49.9 Å². The number of para-hydroxylation sites is 1. The Kier molecular flexibility index (Phi) is 10.0. The second kappa shape index (κ2) is 14.7. The largest absolute Gasteiger partial charge is 0.496 e. The molecule has 1 saturated carbocycles. The SMILES string of the molecule is CC[C@]1(NC(N)=O)C[C@@H]2CN(CCc3c([nH]c4ccccc34)[C@@](C(=O)OC)(c3cc4c(cc3OC)N(C)[C@H]3[C@@](O)(C(=O)OC)[C@H](OC(C)=O)[C@]5(CC)C=CCN6CC[C@]43[C@@H]65)C2)C1. The van der Waals surface area contributed by atoms with Gasteiger partial charge >= 0.3 is 23.9 Å². The van der Waals surface area contributed by atoms with Crippen LogP contribution < -0.4 is 20.7 Å². The number of H-pyrrole nitrogens is 1. The van der Waals surface area contributed by atoms with Crippen LogP contribution in [0.1, 0.15) is 75.3 Å². The number of piperidine rings is 1. The van der Waals surface area contributed by atoms with E-state index in [0.717, 1.165) is 33.4 Å². The Labute approximate surface area is 362 Å². The van der Waals surface area contributed by atoms with Crippen LogP contribution in [0.4, 0.5) is 10.5 Å². The van der Waals surface area contributed by atoms with Gasteiger partial charge in [-0.3, -0.25) is 14.5 Å². The van der Waals surface area contributed by atoms with Crippen molar-refractivity contribution in [2.45, 2.75) is 99.5 Å². The number of nitrogens with two attached hydrogens (primary N) is 1. The highest BCUT2D eigenvalue weighted by atomic mass is 16.6. The quantitative estimate of drug-likeness (QED) is 0.147. The Morgan fingerprint density at radius 3 is 2.42 bits per heavy atom. The molecule has 62 heavy (non-hydrogen) atoms. The molecular weight excluding hydrogens is 793 g/mol. The Morgan fingerprint density at radius 1 is 0.984 bits per heavy atom. The molecular formula is C47H60N6O9. The van der Waals surface area contributed by atoms with E-state index < -0.39 is 63.5 Å². The van der Waals surface area contributed by atoms with Crippen molar-refractivity contribution in [1.29, 1.82) is 0 Å². The number of amides is 2. The van der Waals surface area contributed by atoms with E-state index in [2.05, 4.69) is 39.2 Å². The summed E-state index contributed by atoms with van der Waals surface area (Å²) in [6.45, 7) is 8.62. The van der Waals surface area contributed by atoms with Crippen LogP contribution >= 0.6 is 0 Å². The number of anilines is 1. The lowest BCUT2D eigenvalue weighted by atomic mass is 9.47. The van der Waals surface area contributed by atoms with Crippen molar-refractivity contribution in [3.05, 3.63) is 70.9 Å². The van der Waals surface area contributed by atoms with Gasteiger partial charge in [-0.15, -0.1) is 0 Å². The molecule has 10 atom stereocenters. The van der Waals surface area contributed by atoms with Gasteiger partial charge in [0.25, 0.3) is 0 Å². The topological polar surface area (TPSA) is 189 Å². The first-order chi connectivity index (χ1) is 29.6. The molecule has 0 radical (unpaired) electrons. The number of urea groups is 1. The van der Waals surface area contributed by atoms with Crippen molar-refractivity contribution in [3.63, 3.8) is 0 Å². The fourth-order valence-corrected chi connectivity index (χ4v) is 14.0. The molecule has 5 aliphatic heterocycles. The molecule has 1 aromatic heterocycles. The maximum Gasteiger partial charge on any atom is 0.344 e. The second-order valence-corrected chi connectivity index (χ2v) is 18.7. The number of methoxy groups -OCH3 is 3. The third-order valence-corrected chi connectivity index (χ3v) is 16.0. The predicted octanol–water partition coefficient (Wildman–Crippen LogP) is 3.67. The molecule has 1 unspecified atom stereocenters. The number of ether oxygens (including phenoxy) is 4. The van der Waals surface area contributed by atoms with Crippen LogP contribution in [-0.2, 0) is 45.8 Å². The normalized spacial score (nSPS) is 35.6. The Morgan fingerprint density at radius 2 is 1.74 bits per heavy atom. The summed E-state index contributed by atoms with van der Waals surface area (Å²) in [7, 11) is 6.11. The molecule has 2 saturated heterocycles. The highest BCUT2D eigenvalue weighted by Crippen LogP contribution is 2.68. The minimum Gasteiger partial charge on any atom is -0.496 e. The number of benzene rings is 2. The molecule has 5 N–H and O–H groups in total. The molecule has 332 valence electrons. The summed E-state index contributed by atoms with van der Waals surface area (Å²) in [5.41, 5.74) is 4.28. The number of rotatable bonds is 8. The lowest BCUT2D eigenvalue weighted by Gasteiger charge is -2.63. The van der Waals surface area contributed by atoms with E-state index >= 15 is 4.79 Å². The number of nitrogens with one attached hydrogen (secondary N) is 2. The highest BCUT2D eigenvalue weighted by Gasteiger charge is 2.80. The van der Waals surface area contributed by atoms with Crippen molar-refractivity contribution in [2.75, 3.05) is 66.0 Å². The molecule has 15 heteroatoms. The minimum absolute atomic E-state index is 0.125. The third-order valence-electron chi connectivity index (χ3n) is 16.0. The van der Waals surface area contributed by atoms with Crippen LogP contribution in [0.15, 0.2) is 48.6 Å². The maximum absolute atomic E-state index is 15.5. The first-order valence-electron chi connectivity index (χ1n) is 22.0. The summed E-state index contributed by atoms with van der Waals surface area (Å²) in [5, 5.41) is 17.5. The van der Waals surface area contributed by atoms with Crippen LogP contribution in [0.3, 0.4) is 0 Å². The summed E-state index contributed by atoms with van der Waals surface area (Å²) >= 11 is 0. The average Bonchev–Trinajstić information content (AvgIpc) is 3.92. The van der Waals surface area contributed by atoms with Crippen LogP contribution in [0.25, 0.3) is 10.9 Å². The van der Waals surface area contributed by atoms with E-state index in [1.807, 2.05) is 55.3 Å². The molecule has 6 heterocycles. The highest BCUT2D eigenvalue weighted by molar-refractivity contribution is 5.95. The maximum atomic E-state index is 15.5. The fourth-order valence-electron chi connectivity index (χ4n) is 14.0. The lowest BCUT2D eigenvalue weighted by molar-refractivity contribution is -0.228. The number of esters is 3. The van der Waals surface area contributed by atoms with Gasteiger partial charge in [-0.1, -0.05) is 44.2 Å². The number of primary amides is 1. The zero-order chi connectivity index (χ0) is 44.1. The number of fused-ring (bicyclic) bond motifs is 6. The van der Waals surface area contributed by atoms with Gasteiger partial charge in [0.2, 0.25) is 5.60 Å². The number of carbonyl (C=O) groups excluding carboxylic acids is 4. The number of hydrogen-bond donors (Lipinski definition) is 4. The van der Waals surface area contributed by atoms with Crippen LogP contribution in [-0.4, -0.2) is 134 Å². The van der Waals surface area contributed by atoms with Crippen molar-refractivity contribution in [3.8, 4) is 5.75 Å². The zero-order valence-corrected chi connectivity index (χ0v) is 36.8. The zero-order valence-electron chi connectivity index (χ0n) is 36.8. The van der Waals surface area contributed by atoms with E-state index in [4.69, 9.17) is 24.7 Å². The van der Waals surface area contributed by atoms with E-state index in [1.165, 1.54) is 21.1 Å². The lowest BCUT2D eigenvalue weighted by Crippen LogP contribution is -2.81. The van der Waals surface area contributed by atoms with Gasteiger partial charge in [-0.25, -0.2) is 9.59 Å². The summed E-state index contributed by atoms with van der Waals surface area (Å²) in [6.07, 6.45) is 5.93. The van der Waals surface area contributed by atoms with Gasteiger partial charge in [-0.05, 0) is 74.2 Å². The fraction of sp³-hybridized carbons (Fsp3) is 0.574. The van der Waals surface area contributed by atoms with Crippen LogP contribution in [0, 0.1) is 11.3 Å². The van der Waals surface area contributed by atoms with Gasteiger partial charge in [0.05, 0.1) is 32.9 Å². The first-order valence-corrected chi connectivity index (χ1v) is 22.0. The molecule has 15 nitrogen and oxygen atoms in total. The second-order valence-electron chi connectivity index (χ2n) is 18.7. The average molecular weight is 853 g/mol. The molecule has 3 fully saturated rings. The molecule has 2 aromatic carbocycles. The summed E-state index contributed by atoms with van der Waals surface area (Å²) in [6, 6.07) is 10.3. The number of hydrogen-bond acceptors (Lipinski definition) is 12. The standard InChI is InChI=1S/C47H60N6O9/c1-8-43(50-42(48)57)23-28-24-46(40(55)60-6,36-30(15-19-52(25-28)26-43)29-13-10-11-14-33(29)49-36)32-21-31-34(22-35(32)59-5)51(4)38-45(31)17-20-53-18-12-16-44(9-2,37(45)53)39(62-27(3)54)47(38,58)41(56)61-7/h10-14,16,21-22,28,37-39,49,58H,8-9,15,17-20,23-26H2,1-7H3,(H3,48,50,57)/t28-,37-,38+,39+,43-,44+,45+,46-,47-/m0/s1. The van der Waals surface area contributed by atoms with E-state index in [9.17, 15) is 19.5 Å². The third kappa shape index (κ3) is 5.52. The van der Waals surface area contributed by atoms with E-state index in [-0.39, 0.29) is 12.0 Å². The van der Waals surface area contributed by atoms with Crippen molar-refractivity contribution >= 4 is 40.5 Å². The molecule has 6 aliphatic rings. The first kappa shape index (κ1) is 42.2. The number of aromatic amines is 1. The molecule has 1 spiro atoms. The van der Waals surface area contributed by atoms with Crippen LogP contribution in [0.2, 0.25) is 0 Å². The number of likely N-dealkylation sites (N-methyl/N-ethyl adjacent to an activating group) is 1. The molecule has 2 amide bonds. The molecule has 2 bridgehead atoms. The number of nitrogens with zero attached hydrogens (tertiary/aromatic N) is 3. The van der Waals surface area contributed by atoms with Crippen molar-refractivity contribution in [1.82, 2.24) is 20.1 Å². The van der Waals surface area contributed by atoms with Crippen molar-refractivity contribution in [2.24, 2.45) is 17.1 Å². The summed E-state index contributed by atoms with van der Waals surface area (Å²) in [4.78, 5) is 66.0. The monoisotopic (exact) mass is 852 g/mol. The Bertz CT molecular complexity index is 2380. The smallest absolute Gasteiger partial charge is 0.344 e. The number of aliphatic hydroxyl groups is 1. The molecule has 1 aliphatic carbocycles. The Hall–Kier alpha value is -5.12. The number of aromatic nitrogens is 1. The van der Waals surface area contributed by atoms with E-state index in [1.54, 1.807) is 7.11 Å². The van der Waals surface area contributed by atoms with Crippen molar-refractivity contribution < 1.29 is 43.2 Å². The Balaban J connectivity index is 1.35. The predicted molar refractivity (Wildman–Crippen MR) is 231 cm³/mol. The van der Waals surface area contributed by atoms with Crippen LogP contribution in [0.5, 0.6) is 5.75 Å². The minimum atomic E-state index is -2.32. The molecule has 3 aromatic rings. The van der Waals surface area contributed by atoms with E-state index in [0.29, 0.717) is 82.6 Å². The van der Waals surface area contributed by atoms with Gasteiger partial charge in [0, 0.05) is 90.9 Å². The van der Waals surface area contributed by atoms with Gasteiger partial charge in [0.1, 0.15) is 11.2 Å². The summed E-state index contributed by atoms with van der Waals surface area (Å²) in [5.74, 6) is -1.66. The molecule has 9 rings (SSSR count). The van der Waals surface area contributed by atoms with Gasteiger partial charge in [0.15, 0.2) is 6.10 Å². The summed E-state index contributed by atoms with van der Waals surface area (Å²) < 4.78 is 24.0.